The van der Waals surface area contributed by atoms with Crippen LogP contribution in [0.15, 0.2) is 156 Å². The van der Waals surface area contributed by atoms with Gasteiger partial charge in [0.25, 0.3) is 0 Å². The Bertz CT molecular complexity index is 2230. The molecular formula is C40H28N4. The van der Waals surface area contributed by atoms with Gasteiger partial charge in [-0.15, -0.1) is 0 Å². The highest BCUT2D eigenvalue weighted by Crippen LogP contribution is 2.35. The second-order valence-corrected chi connectivity index (χ2v) is 11.0. The highest BCUT2D eigenvalue weighted by Gasteiger charge is 2.15. The molecule has 1 aromatic heterocycles. The fourth-order valence-electron chi connectivity index (χ4n) is 6.12. The molecule has 0 bridgehead atoms. The predicted molar refractivity (Wildman–Crippen MR) is 183 cm³/mol. The molecule has 7 aromatic rings. The summed E-state index contributed by atoms with van der Waals surface area (Å²) in [5, 5.41) is 4.59. The molecule has 208 valence electrons. The molecular weight excluding hydrogens is 536 g/mol. The number of aromatic nitrogens is 2. The summed E-state index contributed by atoms with van der Waals surface area (Å²) in [4.78, 5) is 19.7. The van der Waals surface area contributed by atoms with E-state index in [4.69, 9.17) is 15.0 Å². The van der Waals surface area contributed by atoms with E-state index in [1.54, 1.807) is 12.4 Å². The van der Waals surface area contributed by atoms with Crippen molar-refractivity contribution in [3.63, 3.8) is 0 Å². The van der Waals surface area contributed by atoms with Gasteiger partial charge in [-0.3, -0.25) is 9.97 Å². The van der Waals surface area contributed by atoms with Crippen molar-refractivity contribution < 1.29 is 0 Å². The molecule has 6 aromatic carbocycles. The van der Waals surface area contributed by atoms with Gasteiger partial charge in [-0.1, -0.05) is 121 Å². The van der Waals surface area contributed by atoms with Crippen molar-refractivity contribution in [1.29, 1.82) is 0 Å². The zero-order valence-corrected chi connectivity index (χ0v) is 24.1. The van der Waals surface area contributed by atoms with Crippen LogP contribution in [0.2, 0.25) is 0 Å². The molecule has 0 fully saturated rings. The van der Waals surface area contributed by atoms with Crippen molar-refractivity contribution >= 4 is 49.8 Å². The molecule has 0 radical (unpaired) electrons. The number of benzene rings is 6. The van der Waals surface area contributed by atoms with Crippen LogP contribution in [0.4, 0.5) is 0 Å². The van der Waals surface area contributed by atoms with E-state index in [0.717, 1.165) is 79.7 Å². The highest BCUT2D eigenvalue weighted by molar-refractivity contribution is 6.23. The van der Waals surface area contributed by atoms with Gasteiger partial charge in [-0.25, -0.2) is 9.98 Å². The molecule has 1 aliphatic rings. The maximum absolute atomic E-state index is 5.22. The second kappa shape index (κ2) is 11.2. The van der Waals surface area contributed by atoms with Crippen molar-refractivity contribution in [2.45, 2.75) is 12.8 Å². The van der Waals surface area contributed by atoms with Crippen LogP contribution in [-0.4, -0.2) is 21.5 Å². The van der Waals surface area contributed by atoms with Crippen molar-refractivity contribution in [2.75, 3.05) is 0 Å². The quantitative estimate of drug-likeness (QED) is 0.200. The number of aliphatic imine (C=N–C) groups is 2. The van der Waals surface area contributed by atoms with Gasteiger partial charge >= 0.3 is 0 Å². The predicted octanol–water partition coefficient (Wildman–Crippen LogP) is 9.67. The summed E-state index contributed by atoms with van der Waals surface area (Å²) < 4.78 is 0. The topological polar surface area (TPSA) is 50.5 Å². The Hall–Kier alpha value is -5.74. The van der Waals surface area contributed by atoms with Crippen LogP contribution in [0.1, 0.15) is 29.5 Å². The number of allylic oxidation sites excluding steroid dienone is 1. The van der Waals surface area contributed by atoms with Crippen LogP contribution < -0.4 is 0 Å². The highest BCUT2D eigenvalue weighted by atomic mass is 14.9. The minimum Gasteiger partial charge on any atom is -0.252 e. The molecule has 44 heavy (non-hydrogen) atoms. The lowest BCUT2D eigenvalue weighted by molar-refractivity contribution is 1.08. The lowest BCUT2D eigenvalue weighted by atomic mass is 9.94. The Labute approximate surface area is 255 Å². The van der Waals surface area contributed by atoms with Crippen LogP contribution in [-0.2, 0) is 0 Å². The number of fused-ring (bicyclic) bond motifs is 6. The van der Waals surface area contributed by atoms with E-state index in [9.17, 15) is 0 Å². The second-order valence-electron chi connectivity index (χ2n) is 11.0. The molecule has 0 saturated heterocycles. The first-order valence-corrected chi connectivity index (χ1v) is 14.9. The molecule has 4 nitrogen and oxygen atoms in total. The summed E-state index contributed by atoms with van der Waals surface area (Å²) in [5.74, 6) is 0.728. The van der Waals surface area contributed by atoms with Crippen molar-refractivity contribution in [1.82, 2.24) is 9.97 Å². The summed E-state index contributed by atoms with van der Waals surface area (Å²) in [6, 6.07) is 44.5. The zero-order valence-electron chi connectivity index (χ0n) is 24.1. The van der Waals surface area contributed by atoms with Crippen LogP contribution in [0.25, 0.3) is 49.4 Å². The summed E-state index contributed by atoms with van der Waals surface area (Å²) in [6.07, 6.45) is 7.45. The third kappa shape index (κ3) is 4.77. The Kier molecular flexibility index (Phi) is 6.58. The minimum atomic E-state index is 0.728. The number of hydrogen-bond acceptors (Lipinski definition) is 4. The Morgan fingerprint density at radius 1 is 0.432 bits per heavy atom. The summed E-state index contributed by atoms with van der Waals surface area (Å²) in [5.41, 5.74) is 9.38. The lowest BCUT2D eigenvalue weighted by Gasteiger charge is -2.14. The van der Waals surface area contributed by atoms with E-state index >= 15 is 0 Å². The lowest BCUT2D eigenvalue weighted by Crippen LogP contribution is -2.09. The van der Waals surface area contributed by atoms with Gasteiger partial charge in [-0.2, -0.15) is 0 Å². The third-order valence-electron chi connectivity index (χ3n) is 8.26. The largest absolute Gasteiger partial charge is 0.252 e. The summed E-state index contributed by atoms with van der Waals surface area (Å²) in [6.45, 7) is 0. The molecule has 0 atom stereocenters. The van der Waals surface area contributed by atoms with E-state index in [1.165, 1.54) is 10.8 Å². The number of hydrogen-bond donors (Lipinski definition) is 0. The van der Waals surface area contributed by atoms with Gasteiger partial charge in [0, 0.05) is 28.7 Å². The smallest absolute Gasteiger partial charge is 0.160 e. The molecule has 2 heterocycles. The van der Waals surface area contributed by atoms with E-state index in [-0.39, 0.29) is 0 Å². The molecule has 1 aliphatic heterocycles. The molecule has 0 unspecified atom stereocenters. The molecule has 0 N–H and O–H groups in total. The minimum absolute atomic E-state index is 0.728. The third-order valence-corrected chi connectivity index (χ3v) is 8.26. The van der Waals surface area contributed by atoms with Gasteiger partial charge in [0.15, 0.2) is 5.84 Å². The molecule has 4 heteroatoms. The van der Waals surface area contributed by atoms with Crippen LogP contribution >= 0.6 is 0 Å². The molecule has 0 amide bonds. The van der Waals surface area contributed by atoms with Crippen molar-refractivity contribution in [3.8, 4) is 11.1 Å². The Balaban J connectivity index is 1.24. The van der Waals surface area contributed by atoms with Gasteiger partial charge in [0.05, 0.1) is 22.4 Å². The Morgan fingerprint density at radius 2 is 1.05 bits per heavy atom. The van der Waals surface area contributed by atoms with Crippen LogP contribution in [0, 0.1) is 0 Å². The zero-order chi connectivity index (χ0) is 29.3. The van der Waals surface area contributed by atoms with Gasteiger partial charge in [-0.05, 0) is 58.0 Å². The maximum atomic E-state index is 5.22. The number of amidine groups is 1. The van der Waals surface area contributed by atoms with E-state index < -0.39 is 0 Å². The van der Waals surface area contributed by atoms with Gasteiger partial charge in [0.2, 0.25) is 0 Å². The average molecular weight is 565 g/mol. The van der Waals surface area contributed by atoms with Crippen molar-refractivity contribution in [3.05, 3.63) is 163 Å². The van der Waals surface area contributed by atoms with E-state index in [2.05, 4.69) is 114 Å². The first-order valence-electron chi connectivity index (χ1n) is 14.9. The fourth-order valence-corrected chi connectivity index (χ4v) is 6.12. The van der Waals surface area contributed by atoms with Crippen LogP contribution in [0.3, 0.4) is 0 Å². The molecule has 8 rings (SSSR count). The summed E-state index contributed by atoms with van der Waals surface area (Å²) >= 11 is 0. The molecule has 0 spiro atoms. The average Bonchev–Trinajstić information content (AvgIpc) is 3.09. The SMILES string of the molecule is C1=C(c2ccccc2)N=C(c2ccccc2)N=C(c2cccc(-c3ccc4c(c3)c3ccccc3c3nccnc43)c2)CC1. The Morgan fingerprint density at radius 3 is 1.82 bits per heavy atom. The van der Waals surface area contributed by atoms with E-state index in [0.29, 0.717) is 0 Å². The number of nitrogens with zero attached hydrogens (tertiary/aromatic N) is 4. The maximum Gasteiger partial charge on any atom is 0.160 e. The first-order chi connectivity index (χ1) is 21.8. The fraction of sp³-hybridized carbons (Fsp3) is 0.0500. The molecule has 0 saturated carbocycles. The summed E-state index contributed by atoms with van der Waals surface area (Å²) in [7, 11) is 0. The van der Waals surface area contributed by atoms with Crippen molar-refractivity contribution in [2.24, 2.45) is 9.98 Å². The monoisotopic (exact) mass is 564 g/mol. The molecule has 0 aliphatic carbocycles. The van der Waals surface area contributed by atoms with Gasteiger partial charge < -0.3 is 0 Å². The van der Waals surface area contributed by atoms with Crippen LogP contribution in [0.5, 0.6) is 0 Å². The van der Waals surface area contributed by atoms with E-state index in [1.807, 2.05) is 24.3 Å². The number of rotatable bonds is 4. The first kappa shape index (κ1) is 25.9. The van der Waals surface area contributed by atoms with Gasteiger partial charge in [0.1, 0.15) is 0 Å². The standard InChI is InChI=1S/C40H28N4/c1-3-11-27(12-4-1)36-19-10-20-37(44-40(43-36)28-13-5-2-6-14-28)31-16-9-15-29(25-31)30-21-22-34-35(26-30)32-17-7-8-18-33(32)38-39(34)42-24-23-41-38/h1-9,11-19,21-26H,10,20H2. The normalized spacial score (nSPS) is 13.7.